The predicted molar refractivity (Wildman–Crippen MR) is 95.9 cm³/mol. The molecule has 1 atom stereocenters. The fourth-order valence-corrected chi connectivity index (χ4v) is 3.25. The Balaban J connectivity index is 1.69. The molecule has 0 saturated heterocycles. The van der Waals surface area contributed by atoms with Crippen LogP contribution in [0.5, 0.6) is 5.75 Å². The highest BCUT2D eigenvalue weighted by Crippen LogP contribution is 2.33. The van der Waals surface area contributed by atoms with Gasteiger partial charge in [-0.25, -0.2) is 0 Å². The molecule has 0 radical (unpaired) electrons. The van der Waals surface area contributed by atoms with E-state index in [9.17, 15) is 22.8 Å². The number of carbonyl (C=O) groups excluding carboxylic acids is 2. The third-order valence-corrected chi connectivity index (χ3v) is 4.42. The summed E-state index contributed by atoms with van der Waals surface area (Å²) >= 11 is 5.78. The first-order valence-electron chi connectivity index (χ1n) is 8.38. The maximum Gasteiger partial charge on any atom is 0.573 e. The van der Waals surface area contributed by atoms with Crippen LogP contribution in [-0.2, 0) is 11.3 Å². The Morgan fingerprint density at radius 3 is 2.46 bits per heavy atom. The number of amides is 2. The van der Waals surface area contributed by atoms with Gasteiger partial charge in [0.25, 0.3) is 5.91 Å². The number of benzene rings is 2. The topological polar surface area (TPSA) is 58.6 Å². The summed E-state index contributed by atoms with van der Waals surface area (Å²) in [5.41, 5.74) is 1.65. The van der Waals surface area contributed by atoms with Crippen LogP contribution < -0.4 is 10.1 Å². The Labute approximate surface area is 164 Å². The van der Waals surface area contributed by atoms with Crippen molar-refractivity contribution in [1.29, 1.82) is 0 Å². The molecular weight excluding hydrogens is 397 g/mol. The lowest BCUT2D eigenvalue weighted by Crippen LogP contribution is -2.39. The highest BCUT2D eigenvalue weighted by atomic mass is 35.5. The van der Waals surface area contributed by atoms with Crippen LogP contribution in [0.15, 0.2) is 48.5 Å². The molecular formula is C19H16ClF3N2O3. The fourth-order valence-electron chi connectivity index (χ4n) is 3.07. The lowest BCUT2D eigenvalue weighted by Gasteiger charge is -2.23. The molecule has 0 aromatic heterocycles. The molecule has 0 bridgehead atoms. The molecule has 9 heteroatoms. The van der Waals surface area contributed by atoms with Crippen LogP contribution in [0, 0.1) is 0 Å². The Hall–Kier alpha value is -2.74. The second kappa shape index (κ2) is 8.10. The zero-order valence-corrected chi connectivity index (χ0v) is 15.3. The van der Waals surface area contributed by atoms with Crippen molar-refractivity contribution in [2.24, 2.45) is 0 Å². The third-order valence-electron chi connectivity index (χ3n) is 4.26. The van der Waals surface area contributed by atoms with Gasteiger partial charge in [-0.1, -0.05) is 30.3 Å². The van der Waals surface area contributed by atoms with Crippen LogP contribution in [0.2, 0.25) is 0 Å². The van der Waals surface area contributed by atoms with Gasteiger partial charge < -0.3 is 15.0 Å². The molecule has 0 aliphatic carbocycles. The number of fused-ring (bicyclic) bond motifs is 1. The Morgan fingerprint density at radius 1 is 1.14 bits per heavy atom. The van der Waals surface area contributed by atoms with Crippen molar-refractivity contribution in [3.63, 3.8) is 0 Å². The zero-order chi connectivity index (χ0) is 20.3. The van der Waals surface area contributed by atoms with Crippen LogP contribution in [-0.4, -0.2) is 35.5 Å². The standard InChI is InChI=1S/C19H16ClF3N2O3/c20-9-10-25-16(14-3-1-2-4-15(14)18(25)27)17(26)24-11-12-5-7-13(8-6-12)28-19(21,22)23/h1-8,16H,9-11H2,(H,24,26). The highest BCUT2D eigenvalue weighted by Gasteiger charge is 2.40. The lowest BCUT2D eigenvalue weighted by atomic mass is 10.0. The summed E-state index contributed by atoms with van der Waals surface area (Å²) in [5, 5.41) is 2.72. The molecule has 1 heterocycles. The summed E-state index contributed by atoms with van der Waals surface area (Å²) < 4.78 is 40.4. The van der Waals surface area contributed by atoms with Crippen LogP contribution in [0.25, 0.3) is 0 Å². The van der Waals surface area contributed by atoms with Gasteiger partial charge in [0.1, 0.15) is 11.8 Å². The second-order valence-corrected chi connectivity index (χ2v) is 6.46. The zero-order valence-electron chi connectivity index (χ0n) is 14.5. The summed E-state index contributed by atoms with van der Waals surface area (Å²) in [5.74, 6) is -0.806. The van der Waals surface area contributed by atoms with E-state index in [0.717, 1.165) is 0 Å². The van der Waals surface area contributed by atoms with E-state index < -0.39 is 12.4 Å². The first-order valence-corrected chi connectivity index (χ1v) is 8.92. The molecule has 2 aromatic carbocycles. The van der Waals surface area contributed by atoms with Gasteiger partial charge in [0.15, 0.2) is 0 Å². The van der Waals surface area contributed by atoms with E-state index in [4.69, 9.17) is 11.6 Å². The van der Waals surface area contributed by atoms with Crippen molar-refractivity contribution in [3.8, 4) is 5.75 Å². The molecule has 1 aliphatic heterocycles. The summed E-state index contributed by atoms with van der Waals surface area (Å²) in [7, 11) is 0. The van der Waals surface area contributed by atoms with E-state index in [1.54, 1.807) is 24.3 Å². The van der Waals surface area contributed by atoms with E-state index in [1.807, 2.05) is 0 Å². The number of ether oxygens (including phenoxy) is 1. The van der Waals surface area contributed by atoms with Crippen LogP contribution in [0.4, 0.5) is 13.2 Å². The van der Waals surface area contributed by atoms with E-state index in [0.29, 0.717) is 16.7 Å². The Morgan fingerprint density at radius 2 is 1.82 bits per heavy atom. The molecule has 1 N–H and O–H groups in total. The molecule has 1 unspecified atom stereocenters. The maximum absolute atomic E-state index is 12.7. The number of nitrogens with one attached hydrogen (secondary N) is 1. The van der Waals surface area contributed by atoms with Crippen molar-refractivity contribution in [2.45, 2.75) is 18.9 Å². The molecule has 148 valence electrons. The lowest BCUT2D eigenvalue weighted by molar-refractivity contribution is -0.274. The van der Waals surface area contributed by atoms with Gasteiger partial charge in [0, 0.05) is 24.5 Å². The first kappa shape index (κ1) is 20.0. The van der Waals surface area contributed by atoms with Crippen molar-refractivity contribution >= 4 is 23.4 Å². The minimum absolute atomic E-state index is 0.0900. The molecule has 5 nitrogen and oxygen atoms in total. The number of nitrogens with zero attached hydrogens (tertiary/aromatic N) is 1. The number of hydrogen-bond acceptors (Lipinski definition) is 3. The van der Waals surface area contributed by atoms with Gasteiger partial charge in [0.2, 0.25) is 5.91 Å². The van der Waals surface area contributed by atoms with E-state index in [2.05, 4.69) is 10.1 Å². The van der Waals surface area contributed by atoms with Crippen molar-refractivity contribution < 1.29 is 27.5 Å². The third kappa shape index (κ3) is 4.39. The minimum atomic E-state index is -4.76. The summed E-state index contributed by atoms with van der Waals surface area (Å²) in [6, 6.07) is 11.2. The van der Waals surface area contributed by atoms with Gasteiger partial charge in [-0.3, -0.25) is 9.59 Å². The van der Waals surface area contributed by atoms with Crippen molar-refractivity contribution in [3.05, 3.63) is 65.2 Å². The van der Waals surface area contributed by atoms with Crippen LogP contribution in [0.3, 0.4) is 0 Å². The summed E-state index contributed by atoms with van der Waals surface area (Å²) in [4.78, 5) is 26.7. The predicted octanol–water partition coefficient (Wildman–Crippen LogP) is 3.64. The van der Waals surface area contributed by atoms with Crippen LogP contribution >= 0.6 is 11.6 Å². The monoisotopic (exact) mass is 412 g/mol. The largest absolute Gasteiger partial charge is 0.573 e. The Kier molecular flexibility index (Phi) is 5.79. The number of hydrogen-bond donors (Lipinski definition) is 1. The van der Waals surface area contributed by atoms with Gasteiger partial charge in [-0.05, 0) is 29.3 Å². The smallest absolute Gasteiger partial charge is 0.406 e. The first-order chi connectivity index (χ1) is 13.3. The van der Waals surface area contributed by atoms with Crippen LogP contribution in [0.1, 0.15) is 27.5 Å². The quantitative estimate of drug-likeness (QED) is 0.737. The molecule has 3 rings (SSSR count). The van der Waals surface area contributed by atoms with Gasteiger partial charge >= 0.3 is 6.36 Å². The number of halogens is 4. The van der Waals surface area contributed by atoms with Gasteiger partial charge in [-0.15, -0.1) is 24.8 Å². The minimum Gasteiger partial charge on any atom is -0.406 e. The maximum atomic E-state index is 12.7. The number of rotatable bonds is 6. The molecule has 0 spiro atoms. The molecule has 28 heavy (non-hydrogen) atoms. The summed E-state index contributed by atoms with van der Waals surface area (Å²) in [6.07, 6.45) is -4.76. The average Bonchev–Trinajstić information content (AvgIpc) is 2.93. The van der Waals surface area contributed by atoms with Crippen molar-refractivity contribution in [1.82, 2.24) is 10.2 Å². The normalized spacial score (nSPS) is 16.1. The molecule has 0 saturated carbocycles. The number of alkyl halides is 4. The SMILES string of the molecule is O=C(NCc1ccc(OC(F)(F)F)cc1)C1c2ccccc2C(=O)N1CCCl. The van der Waals surface area contributed by atoms with Gasteiger partial charge in [-0.2, -0.15) is 0 Å². The Bertz CT molecular complexity index is 871. The highest BCUT2D eigenvalue weighted by molar-refractivity contribution is 6.18. The van der Waals surface area contributed by atoms with E-state index >= 15 is 0 Å². The van der Waals surface area contributed by atoms with Gasteiger partial charge in [0.05, 0.1) is 0 Å². The second-order valence-electron chi connectivity index (χ2n) is 6.09. The molecule has 0 fully saturated rings. The van der Waals surface area contributed by atoms with E-state index in [-0.39, 0.29) is 36.5 Å². The number of carbonyl (C=O) groups is 2. The average molecular weight is 413 g/mol. The molecule has 2 aromatic rings. The fraction of sp³-hybridized carbons (Fsp3) is 0.263. The summed E-state index contributed by atoms with van der Waals surface area (Å²) in [6.45, 7) is 0.309. The molecule has 2 amide bonds. The van der Waals surface area contributed by atoms with Crippen molar-refractivity contribution in [2.75, 3.05) is 12.4 Å². The van der Waals surface area contributed by atoms with E-state index in [1.165, 1.54) is 29.2 Å². The molecule has 1 aliphatic rings.